The largest absolute Gasteiger partial charge is 0.514 e. The molecule has 1 atom stereocenters. The maximum Gasteiger partial charge on any atom is 0.514 e. The van der Waals surface area contributed by atoms with Crippen molar-refractivity contribution in [1.82, 2.24) is 10.6 Å². The van der Waals surface area contributed by atoms with E-state index in [1.54, 1.807) is 26.0 Å². The number of nitrogens with zero attached hydrogens (tertiary/aromatic N) is 3. The van der Waals surface area contributed by atoms with Gasteiger partial charge in [-0.3, -0.25) is 43.7 Å². The molecule has 4 rings (SSSR count). The second kappa shape index (κ2) is 18.3. The van der Waals surface area contributed by atoms with E-state index < -0.39 is 65.0 Å². The monoisotopic (exact) mass is 754 g/mol. The Balaban J connectivity index is 1.34. The highest BCUT2D eigenvalue weighted by molar-refractivity contribution is 6.30. The van der Waals surface area contributed by atoms with Gasteiger partial charge in [0, 0.05) is 35.5 Å². The minimum Gasteiger partial charge on any atom is -0.429 e. The molecule has 3 N–H and O–H groups in total. The zero-order chi connectivity index (χ0) is 40.2. The molecule has 0 spiro atoms. The van der Waals surface area contributed by atoms with Gasteiger partial charge in [0.2, 0.25) is 18.2 Å². The third-order valence-electron chi connectivity index (χ3n) is 7.70. The molecule has 1 aliphatic rings. The van der Waals surface area contributed by atoms with E-state index in [0.29, 0.717) is 16.2 Å². The average molecular weight is 755 g/mol. The van der Waals surface area contributed by atoms with Crippen LogP contribution in [0.3, 0.4) is 0 Å². The molecule has 3 aromatic rings. The van der Waals surface area contributed by atoms with Crippen LogP contribution >= 0.6 is 0 Å². The van der Waals surface area contributed by atoms with Gasteiger partial charge in [0.15, 0.2) is 0 Å². The van der Waals surface area contributed by atoms with Gasteiger partial charge in [-0.1, -0.05) is 32.1 Å². The first-order valence-electron chi connectivity index (χ1n) is 16.4. The lowest BCUT2D eigenvalue weighted by Crippen LogP contribution is -2.51. The zero-order valence-electron chi connectivity index (χ0n) is 29.5. The van der Waals surface area contributed by atoms with Crippen molar-refractivity contribution < 1.29 is 52.8 Å². The molecular formula is C37H34N6O12. The van der Waals surface area contributed by atoms with Gasteiger partial charge in [-0.2, -0.15) is 0 Å². The third kappa shape index (κ3) is 10.5. The lowest BCUT2D eigenvalue weighted by Gasteiger charge is -2.24. The van der Waals surface area contributed by atoms with Crippen LogP contribution < -0.4 is 30.5 Å². The van der Waals surface area contributed by atoms with Crippen molar-refractivity contribution in [1.29, 1.82) is 0 Å². The molecule has 1 heterocycles. The highest BCUT2D eigenvalue weighted by Crippen LogP contribution is 2.33. The summed E-state index contributed by atoms with van der Waals surface area (Å²) >= 11 is 0. The van der Waals surface area contributed by atoms with Crippen molar-refractivity contribution in [2.45, 2.75) is 33.4 Å². The molecule has 1 aliphatic heterocycles. The van der Waals surface area contributed by atoms with E-state index in [4.69, 9.17) is 9.47 Å². The quantitative estimate of drug-likeness (QED) is 0.0385. The first-order chi connectivity index (χ1) is 26.2. The first-order valence-corrected chi connectivity index (χ1v) is 16.4. The predicted octanol–water partition coefficient (Wildman–Crippen LogP) is 3.31. The van der Waals surface area contributed by atoms with E-state index >= 15 is 0 Å². The minimum absolute atomic E-state index is 0.0542. The lowest BCUT2D eigenvalue weighted by molar-refractivity contribution is -0.384. The van der Waals surface area contributed by atoms with Gasteiger partial charge >= 0.3 is 6.16 Å². The van der Waals surface area contributed by atoms with E-state index in [-0.39, 0.29) is 41.4 Å². The van der Waals surface area contributed by atoms with E-state index in [1.807, 2.05) is 0 Å². The molecule has 0 saturated heterocycles. The van der Waals surface area contributed by atoms with Gasteiger partial charge in [0.1, 0.15) is 18.4 Å². The van der Waals surface area contributed by atoms with Crippen LogP contribution in [0.2, 0.25) is 0 Å². The Morgan fingerprint density at radius 3 is 2.18 bits per heavy atom. The number of non-ortho nitro benzene ring substituents is 1. The number of allylic oxidation sites excluding steroid dienone is 1. The Hall–Kier alpha value is -7.50. The number of hydrogen-bond acceptors (Lipinski definition) is 12. The molecule has 0 fully saturated rings. The summed E-state index contributed by atoms with van der Waals surface area (Å²) in [6.45, 7) is 4.20. The fraction of sp³-hybridized carbons (Fsp3) is 0.189. The van der Waals surface area contributed by atoms with Crippen LogP contribution in [0.4, 0.5) is 27.5 Å². The summed E-state index contributed by atoms with van der Waals surface area (Å²) in [5.74, 6) is -4.77. The minimum atomic E-state index is -1.15. The predicted molar refractivity (Wildman–Crippen MR) is 195 cm³/mol. The topological polar surface area (TPSA) is 241 Å². The van der Waals surface area contributed by atoms with Crippen LogP contribution in [0, 0.1) is 16.0 Å². The van der Waals surface area contributed by atoms with Gasteiger partial charge < -0.3 is 25.4 Å². The molecule has 7 amide bonds. The molecule has 55 heavy (non-hydrogen) atoms. The second-order valence-corrected chi connectivity index (χ2v) is 11.9. The number of nitro groups is 1. The smallest absolute Gasteiger partial charge is 0.429 e. The van der Waals surface area contributed by atoms with Gasteiger partial charge in [-0.05, 0) is 66.9 Å². The molecule has 0 bridgehead atoms. The summed E-state index contributed by atoms with van der Waals surface area (Å²) < 4.78 is 10.0. The summed E-state index contributed by atoms with van der Waals surface area (Å²) in [6.07, 6.45) is 3.62. The standard InChI is InChI=1S/C37H34N6O12/c1-4-5-31(46)41(21-44)29-18-24(8-15-28(29)42-32(47)16-17-33(42)48)35(49)40-34(22(2)3)36(50)38-19-30(45)39-25-9-6-23(7-10-25)20-54-37(51)55-27-13-11-26(12-14-27)43(52)53/h4-18,21-22,34H,19-20H2,1-3H3,(H,38,50)(H,39,45)(H,40,49)/b5-4-. The van der Waals surface area contributed by atoms with Crippen molar-refractivity contribution >= 4 is 70.8 Å². The summed E-state index contributed by atoms with van der Waals surface area (Å²) in [5.41, 5.74) is 0.252. The number of rotatable bonds is 15. The fourth-order valence-electron chi connectivity index (χ4n) is 4.96. The van der Waals surface area contributed by atoms with Crippen molar-refractivity contribution in [3.8, 4) is 5.75 Å². The van der Waals surface area contributed by atoms with E-state index in [1.165, 1.54) is 61.5 Å². The number of ether oxygens (including phenoxy) is 2. The van der Waals surface area contributed by atoms with E-state index in [0.717, 1.165) is 29.2 Å². The van der Waals surface area contributed by atoms with Gasteiger partial charge in [0.25, 0.3) is 29.3 Å². The number of hydrogen-bond donors (Lipinski definition) is 3. The number of imide groups is 2. The van der Waals surface area contributed by atoms with Crippen LogP contribution in [-0.4, -0.2) is 65.5 Å². The van der Waals surface area contributed by atoms with Crippen LogP contribution in [0.15, 0.2) is 91.0 Å². The van der Waals surface area contributed by atoms with Crippen molar-refractivity contribution in [2.75, 3.05) is 21.7 Å². The highest BCUT2D eigenvalue weighted by atomic mass is 16.7. The summed E-state index contributed by atoms with van der Waals surface area (Å²) in [7, 11) is 0. The van der Waals surface area contributed by atoms with Crippen LogP contribution in [0.25, 0.3) is 0 Å². The Morgan fingerprint density at radius 2 is 1.60 bits per heavy atom. The molecule has 18 heteroatoms. The molecular weight excluding hydrogens is 720 g/mol. The van der Waals surface area contributed by atoms with Crippen LogP contribution in [-0.2, 0) is 40.1 Å². The Morgan fingerprint density at radius 1 is 0.945 bits per heavy atom. The SMILES string of the molecule is C/C=C\C(=O)N(C=O)c1cc(C(=O)NC(C(=O)NCC(=O)Nc2ccc(COC(=O)Oc3ccc([N+](=O)[O-])cc3)cc2)C(C)C)ccc1N1C(=O)C=CC1=O. The third-order valence-corrected chi connectivity index (χ3v) is 7.70. The molecule has 284 valence electrons. The lowest BCUT2D eigenvalue weighted by atomic mass is 10.0. The van der Waals surface area contributed by atoms with E-state index in [9.17, 15) is 48.5 Å². The van der Waals surface area contributed by atoms with E-state index in [2.05, 4.69) is 16.0 Å². The maximum atomic E-state index is 13.4. The molecule has 0 radical (unpaired) electrons. The van der Waals surface area contributed by atoms with Gasteiger partial charge in [-0.25, -0.2) is 14.6 Å². The van der Waals surface area contributed by atoms with Gasteiger partial charge in [-0.15, -0.1) is 0 Å². The Kier molecular flexibility index (Phi) is 13.4. The molecule has 1 unspecified atom stereocenters. The second-order valence-electron chi connectivity index (χ2n) is 11.9. The number of amides is 7. The number of anilines is 3. The normalized spacial score (nSPS) is 12.6. The van der Waals surface area contributed by atoms with Crippen LogP contribution in [0.5, 0.6) is 5.75 Å². The number of carbonyl (C=O) groups is 8. The van der Waals surface area contributed by atoms with Crippen molar-refractivity contribution in [3.63, 3.8) is 0 Å². The number of nitro benzene ring substituents is 1. The number of nitrogens with one attached hydrogen (secondary N) is 3. The molecule has 3 aromatic carbocycles. The summed E-state index contributed by atoms with van der Waals surface area (Å²) in [5, 5.41) is 18.4. The average Bonchev–Trinajstić information content (AvgIpc) is 3.49. The maximum absolute atomic E-state index is 13.4. The summed E-state index contributed by atoms with van der Waals surface area (Å²) in [4.78, 5) is 112. The van der Waals surface area contributed by atoms with Gasteiger partial charge in [0.05, 0.1) is 22.8 Å². The Bertz CT molecular complexity index is 2060. The molecule has 0 aromatic heterocycles. The zero-order valence-corrected chi connectivity index (χ0v) is 29.5. The molecule has 0 aliphatic carbocycles. The Labute approximate surface area is 312 Å². The van der Waals surface area contributed by atoms with Crippen molar-refractivity contribution in [3.05, 3.63) is 112 Å². The number of benzene rings is 3. The molecule has 18 nitrogen and oxygen atoms in total. The summed E-state index contributed by atoms with van der Waals surface area (Å²) in [6, 6.07) is 13.5. The first kappa shape index (κ1) is 40.3. The molecule has 0 saturated carbocycles. The fourth-order valence-corrected chi connectivity index (χ4v) is 4.96. The van der Waals surface area contributed by atoms with Crippen molar-refractivity contribution in [2.24, 2.45) is 5.92 Å². The van der Waals surface area contributed by atoms with Crippen LogP contribution in [0.1, 0.15) is 36.7 Å². The highest BCUT2D eigenvalue weighted by Gasteiger charge is 2.31. The number of carbonyl (C=O) groups excluding carboxylic acids is 8.